The van der Waals surface area contributed by atoms with Gasteiger partial charge in [0.05, 0.1) is 0 Å². The van der Waals surface area contributed by atoms with Crippen LogP contribution in [-0.4, -0.2) is 18.3 Å². The molecule has 0 radical (unpaired) electrons. The zero-order chi connectivity index (χ0) is 11.3. The maximum absolute atomic E-state index is 13.0. The molecule has 15 heavy (non-hydrogen) atoms. The van der Waals surface area contributed by atoms with Crippen molar-refractivity contribution < 1.29 is 4.39 Å². The molecule has 0 saturated heterocycles. The molecule has 1 aromatic carbocycles. The molecule has 1 aromatic rings. The van der Waals surface area contributed by atoms with Gasteiger partial charge in [-0.05, 0) is 31.7 Å². The lowest BCUT2D eigenvalue weighted by atomic mass is 10.2. The number of benzene rings is 1. The minimum atomic E-state index is -0.162. The highest BCUT2D eigenvalue weighted by molar-refractivity contribution is 8.00. The summed E-state index contributed by atoms with van der Waals surface area (Å²) >= 11 is 1.71. The summed E-state index contributed by atoms with van der Waals surface area (Å²) in [7, 11) is 1.97. The van der Waals surface area contributed by atoms with Crippen LogP contribution in [0.4, 0.5) is 4.39 Å². The Bertz CT molecular complexity index is 299. The van der Waals surface area contributed by atoms with Crippen molar-refractivity contribution in [3.8, 4) is 0 Å². The van der Waals surface area contributed by atoms with Crippen LogP contribution in [0.3, 0.4) is 0 Å². The van der Waals surface area contributed by atoms with Gasteiger partial charge in [-0.3, -0.25) is 0 Å². The van der Waals surface area contributed by atoms with Gasteiger partial charge in [-0.25, -0.2) is 4.39 Å². The van der Waals surface area contributed by atoms with E-state index >= 15 is 0 Å². The van der Waals surface area contributed by atoms with Gasteiger partial charge in [0.1, 0.15) is 5.82 Å². The Labute approximate surface area is 95.5 Å². The Balaban J connectivity index is 2.61. The van der Waals surface area contributed by atoms with E-state index in [4.69, 9.17) is 0 Å². The van der Waals surface area contributed by atoms with Crippen molar-refractivity contribution >= 4 is 11.8 Å². The van der Waals surface area contributed by atoms with Crippen LogP contribution >= 0.6 is 11.8 Å². The fourth-order valence-electron chi connectivity index (χ4n) is 1.61. The first-order valence-electron chi connectivity index (χ1n) is 5.26. The van der Waals surface area contributed by atoms with Crippen LogP contribution < -0.4 is 5.32 Å². The van der Waals surface area contributed by atoms with E-state index < -0.39 is 0 Å². The molecule has 0 aliphatic heterocycles. The van der Waals surface area contributed by atoms with E-state index in [9.17, 15) is 4.39 Å². The van der Waals surface area contributed by atoms with Crippen LogP contribution in [0.25, 0.3) is 0 Å². The number of hydrogen-bond donors (Lipinski definition) is 1. The number of halogens is 1. The topological polar surface area (TPSA) is 12.0 Å². The molecule has 0 aliphatic rings. The fourth-order valence-corrected chi connectivity index (χ4v) is 2.87. The highest BCUT2D eigenvalue weighted by atomic mass is 32.2. The van der Waals surface area contributed by atoms with Crippen molar-refractivity contribution in [3.05, 3.63) is 30.1 Å². The lowest BCUT2D eigenvalue weighted by Crippen LogP contribution is -2.33. The molecule has 2 atom stereocenters. The van der Waals surface area contributed by atoms with E-state index in [1.54, 1.807) is 23.9 Å². The van der Waals surface area contributed by atoms with Crippen LogP contribution in [-0.2, 0) is 0 Å². The van der Waals surface area contributed by atoms with Crippen LogP contribution in [0.1, 0.15) is 20.3 Å². The number of nitrogens with one attached hydrogen (secondary N) is 1. The van der Waals surface area contributed by atoms with Crippen molar-refractivity contribution in [2.45, 2.75) is 36.5 Å². The summed E-state index contributed by atoms with van der Waals surface area (Å²) in [5.41, 5.74) is 0. The maximum atomic E-state index is 13.0. The number of rotatable bonds is 5. The zero-order valence-electron chi connectivity index (χ0n) is 9.46. The first-order valence-corrected chi connectivity index (χ1v) is 6.14. The Morgan fingerprint density at radius 1 is 1.47 bits per heavy atom. The average Bonchev–Trinajstić information content (AvgIpc) is 2.19. The highest BCUT2D eigenvalue weighted by Gasteiger charge is 2.14. The predicted molar refractivity (Wildman–Crippen MR) is 64.9 cm³/mol. The van der Waals surface area contributed by atoms with Crippen molar-refractivity contribution in [1.82, 2.24) is 5.32 Å². The van der Waals surface area contributed by atoms with Gasteiger partial charge < -0.3 is 5.32 Å². The first kappa shape index (κ1) is 12.5. The Hall–Kier alpha value is -0.540. The van der Waals surface area contributed by atoms with Gasteiger partial charge in [0.2, 0.25) is 0 Å². The van der Waals surface area contributed by atoms with Gasteiger partial charge in [-0.15, -0.1) is 11.8 Å². The van der Waals surface area contributed by atoms with E-state index in [1.807, 2.05) is 13.1 Å². The number of hydrogen-bond acceptors (Lipinski definition) is 2. The highest BCUT2D eigenvalue weighted by Crippen LogP contribution is 2.26. The van der Waals surface area contributed by atoms with Crippen molar-refractivity contribution in [2.75, 3.05) is 7.05 Å². The molecule has 0 aliphatic carbocycles. The third kappa shape index (κ3) is 3.84. The van der Waals surface area contributed by atoms with Crippen LogP contribution in [0.5, 0.6) is 0 Å². The molecule has 1 N–H and O–H groups in total. The lowest BCUT2D eigenvalue weighted by Gasteiger charge is -2.21. The second-order valence-corrected chi connectivity index (χ2v) is 5.03. The fraction of sp³-hybridized carbons (Fsp3) is 0.500. The molecule has 0 saturated carbocycles. The molecule has 0 bridgehead atoms. The van der Waals surface area contributed by atoms with Crippen molar-refractivity contribution in [3.63, 3.8) is 0 Å². The largest absolute Gasteiger partial charge is 0.316 e. The molecular formula is C12H18FNS. The average molecular weight is 227 g/mol. The molecule has 0 spiro atoms. The van der Waals surface area contributed by atoms with E-state index in [1.165, 1.54) is 6.07 Å². The first-order chi connectivity index (χ1) is 7.17. The summed E-state index contributed by atoms with van der Waals surface area (Å²) in [4.78, 5) is 0.996. The Morgan fingerprint density at radius 2 is 2.20 bits per heavy atom. The van der Waals surface area contributed by atoms with Gasteiger partial charge in [0, 0.05) is 16.2 Å². The molecular weight excluding hydrogens is 209 g/mol. The monoisotopic (exact) mass is 227 g/mol. The van der Waals surface area contributed by atoms with Crippen LogP contribution in [0, 0.1) is 5.82 Å². The quantitative estimate of drug-likeness (QED) is 0.775. The van der Waals surface area contributed by atoms with Crippen molar-refractivity contribution in [1.29, 1.82) is 0 Å². The third-order valence-corrected chi connectivity index (χ3v) is 3.72. The molecule has 0 heterocycles. The minimum Gasteiger partial charge on any atom is -0.316 e. The predicted octanol–water partition coefficient (Wildman–Crippen LogP) is 3.30. The van der Waals surface area contributed by atoms with E-state index in [2.05, 4.69) is 19.2 Å². The summed E-state index contributed by atoms with van der Waals surface area (Å²) < 4.78 is 13.0. The molecule has 2 unspecified atom stereocenters. The smallest absolute Gasteiger partial charge is 0.124 e. The second-order valence-electron chi connectivity index (χ2n) is 3.58. The zero-order valence-corrected chi connectivity index (χ0v) is 10.3. The normalized spacial score (nSPS) is 14.9. The van der Waals surface area contributed by atoms with E-state index in [0.717, 1.165) is 11.3 Å². The van der Waals surface area contributed by atoms with Gasteiger partial charge in [0.15, 0.2) is 0 Å². The molecule has 0 fully saturated rings. The summed E-state index contributed by atoms with van der Waals surface area (Å²) in [6.45, 7) is 4.32. The van der Waals surface area contributed by atoms with Crippen LogP contribution in [0.15, 0.2) is 29.2 Å². The van der Waals surface area contributed by atoms with E-state index in [0.29, 0.717) is 11.3 Å². The van der Waals surface area contributed by atoms with Crippen LogP contribution in [0.2, 0.25) is 0 Å². The summed E-state index contributed by atoms with van der Waals surface area (Å²) in [5.74, 6) is -0.162. The molecule has 0 amide bonds. The minimum absolute atomic E-state index is 0.162. The second kappa shape index (κ2) is 6.13. The summed E-state index contributed by atoms with van der Waals surface area (Å²) in [6, 6.07) is 7.24. The van der Waals surface area contributed by atoms with Gasteiger partial charge in [-0.1, -0.05) is 19.9 Å². The SMILES string of the molecule is CCC(NC)C(C)Sc1cccc(F)c1. The third-order valence-electron chi connectivity index (χ3n) is 2.50. The van der Waals surface area contributed by atoms with Gasteiger partial charge >= 0.3 is 0 Å². The molecule has 3 heteroatoms. The Morgan fingerprint density at radius 3 is 2.73 bits per heavy atom. The Kier molecular flexibility index (Phi) is 5.12. The molecule has 0 aromatic heterocycles. The lowest BCUT2D eigenvalue weighted by molar-refractivity contribution is 0.541. The van der Waals surface area contributed by atoms with Gasteiger partial charge in [0.25, 0.3) is 0 Å². The van der Waals surface area contributed by atoms with Gasteiger partial charge in [-0.2, -0.15) is 0 Å². The van der Waals surface area contributed by atoms with Crippen molar-refractivity contribution in [2.24, 2.45) is 0 Å². The van der Waals surface area contributed by atoms with E-state index in [-0.39, 0.29) is 5.82 Å². The summed E-state index contributed by atoms with van der Waals surface area (Å²) in [6.07, 6.45) is 1.08. The maximum Gasteiger partial charge on any atom is 0.124 e. The molecule has 1 nitrogen and oxygen atoms in total. The molecule has 84 valence electrons. The number of thioether (sulfide) groups is 1. The molecule has 1 rings (SSSR count). The summed E-state index contributed by atoms with van der Waals surface area (Å²) in [5, 5.41) is 3.72. The standard InChI is InChI=1S/C12H18FNS/c1-4-12(14-3)9(2)15-11-7-5-6-10(13)8-11/h5-9,12,14H,4H2,1-3H3.